The predicted octanol–water partition coefficient (Wildman–Crippen LogP) is 12.8. The van der Waals surface area contributed by atoms with Gasteiger partial charge < -0.3 is 0 Å². The van der Waals surface area contributed by atoms with E-state index < -0.39 is 0 Å². The zero-order valence-electron chi connectivity index (χ0n) is 29.9. The minimum Gasteiger partial charge on any atom is -0.299 e. The lowest BCUT2D eigenvalue weighted by Crippen LogP contribution is -2.27. The topological polar surface area (TPSA) is 6.48 Å². The lowest BCUT2D eigenvalue weighted by atomic mass is 9.94. The third-order valence-corrected chi connectivity index (χ3v) is 9.42. The maximum Gasteiger partial charge on any atom is 0.0239 e. The van der Waals surface area contributed by atoms with Crippen LogP contribution in [0, 0.1) is 0 Å². The third-order valence-electron chi connectivity index (χ3n) is 9.42. The van der Waals surface area contributed by atoms with Crippen molar-refractivity contribution in [1.29, 1.82) is 0 Å². The molecule has 0 fully saturated rings. The molecule has 2 aromatic rings. The molecule has 44 heavy (non-hydrogen) atoms. The smallest absolute Gasteiger partial charge is 0.0239 e. The Kier molecular flexibility index (Phi) is 23.3. The minimum absolute atomic E-state index is 1.07. The van der Waals surface area contributed by atoms with Gasteiger partial charge in [-0.3, -0.25) is 9.80 Å². The number of benzene rings is 2. The maximum absolute atomic E-state index is 2.78. The first-order valence-corrected chi connectivity index (χ1v) is 19.3. The van der Waals surface area contributed by atoms with Gasteiger partial charge in [0.05, 0.1) is 0 Å². The first-order valence-electron chi connectivity index (χ1n) is 19.3. The van der Waals surface area contributed by atoms with Gasteiger partial charge in [-0.05, 0) is 74.1 Å². The Bertz CT molecular complexity index is 818. The van der Waals surface area contributed by atoms with Crippen molar-refractivity contribution in [2.75, 3.05) is 26.2 Å². The standard InChI is InChI=1S/C42H72N2/c1-5-9-13-17-25-33-43(34-26-18-14-10-6-2)37-39-29-21-23-31-41(39)42-32-24-22-30-40(42)38-44(35-27-19-15-11-7-3)36-28-20-16-12-8-4/h21-24,29-32H,5-20,25-28,33-38H2,1-4H3. The summed E-state index contributed by atoms with van der Waals surface area (Å²) in [6.45, 7) is 16.4. The summed E-state index contributed by atoms with van der Waals surface area (Å²) in [4.78, 5) is 5.55. The molecule has 0 N–H and O–H groups in total. The quantitative estimate of drug-likeness (QED) is 0.0852. The highest BCUT2D eigenvalue weighted by Gasteiger charge is 2.15. The van der Waals surface area contributed by atoms with Crippen LogP contribution in [0.4, 0.5) is 0 Å². The van der Waals surface area contributed by atoms with Crippen LogP contribution in [-0.4, -0.2) is 36.0 Å². The summed E-state index contributed by atoms with van der Waals surface area (Å²) in [5.74, 6) is 0. The van der Waals surface area contributed by atoms with E-state index in [1.54, 1.807) is 0 Å². The molecule has 0 bridgehead atoms. The molecular formula is C42H72N2. The number of unbranched alkanes of at least 4 members (excludes halogenated alkanes) is 16. The van der Waals surface area contributed by atoms with Gasteiger partial charge in [-0.1, -0.05) is 179 Å². The molecular weight excluding hydrogens is 532 g/mol. The number of hydrogen-bond donors (Lipinski definition) is 0. The van der Waals surface area contributed by atoms with E-state index in [0.717, 1.165) is 13.1 Å². The second-order valence-electron chi connectivity index (χ2n) is 13.5. The summed E-state index contributed by atoms with van der Waals surface area (Å²) in [5, 5.41) is 0. The molecule has 0 aliphatic rings. The lowest BCUT2D eigenvalue weighted by Gasteiger charge is -2.26. The van der Waals surface area contributed by atoms with Crippen LogP contribution in [0.3, 0.4) is 0 Å². The van der Waals surface area contributed by atoms with Crippen molar-refractivity contribution in [3.05, 3.63) is 59.7 Å². The number of rotatable bonds is 29. The molecule has 2 heteroatoms. The highest BCUT2D eigenvalue weighted by molar-refractivity contribution is 5.70. The number of nitrogens with zero attached hydrogens (tertiary/aromatic N) is 2. The molecule has 0 radical (unpaired) electrons. The maximum atomic E-state index is 2.78. The molecule has 0 aliphatic heterocycles. The molecule has 250 valence electrons. The van der Waals surface area contributed by atoms with Gasteiger partial charge in [0.1, 0.15) is 0 Å². The molecule has 0 aromatic heterocycles. The van der Waals surface area contributed by atoms with Crippen LogP contribution < -0.4 is 0 Å². The molecule has 0 saturated carbocycles. The molecule has 0 amide bonds. The van der Waals surface area contributed by atoms with Gasteiger partial charge in [0.25, 0.3) is 0 Å². The van der Waals surface area contributed by atoms with Crippen molar-refractivity contribution >= 4 is 0 Å². The summed E-state index contributed by atoms with van der Waals surface area (Å²) in [6, 6.07) is 18.7. The zero-order chi connectivity index (χ0) is 31.5. The Labute approximate surface area is 275 Å². The Morgan fingerprint density at radius 3 is 0.909 bits per heavy atom. The summed E-state index contributed by atoms with van der Waals surface area (Å²) in [7, 11) is 0. The van der Waals surface area contributed by atoms with Crippen LogP contribution in [0.25, 0.3) is 11.1 Å². The fourth-order valence-corrected chi connectivity index (χ4v) is 6.62. The van der Waals surface area contributed by atoms with Crippen molar-refractivity contribution in [3.8, 4) is 11.1 Å². The normalized spacial score (nSPS) is 11.7. The van der Waals surface area contributed by atoms with Gasteiger partial charge in [0, 0.05) is 13.1 Å². The molecule has 2 aromatic carbocycles. The molecule has 2 rings (SSSR count). The van der Waals surface area contributed by atoms with E-state index >= 15 is 0 Å². The summed E-state index contributed by atoms with van der Waals surface area (Å²) < 4.78 is 0. The highest BCUT2D eigenvalue weighted by Crippen LogP contribution is 2.30. The average molecular weight is 605 g/mol. The molecule has 0 atom stereocenters. The largest absolute Gasteiger partial charge is 0.299 e. The minimum atomic E-state index is 1.07. The van der Waals surface area contributed by atoms with E-state index in [0.29, 0.717) is 0 Å². The van der Waals surface area contributed by atoms with Crippen molar-refractivity contribution in [2.24, 2.45) is 0 Å². The summed E-state index contributed by atoms with van der Waals surface area (Å²) in [5.41, 5.74) is 5.92. The lowest BCUT2D eigenvalue weighted by molar-refractivity contribution is 0.251. The van der Waals surface area contributed by atoms with E-state index in [-0.39, 0.29) is 0 Å². The van der Waals surface area contributed by atoms with E-state index in [9.17, 15) is 0 Å². The Morgan fingerprint density at radius 1 is 0.341 bits per heavy atom. The van der Waals surface area contributed by atoms with E-state index in [1.807, 2.05) is 0 Å². The first kappa shape index (κ1) is 38.5. The second-order valence-corrected chi connectivity index (χ2v) is 13.5. The van der Waals surface area contributed by atoms with Crippen LogP contribution in [0.1, 0.15) is 167 Å². The Balaban J connectivity index is 2.17. The van der Waals surface area contributed by atoms with Crippen LogP contribution in [-0.2, 0) is 13.1 Å². The van der Waals surface area contributed by atoms with Crippen molar-refractivity contribution in [1.82, 2.24) is 9.80 Å². The fraction of sp³-hybridized carbons (Fsp3) is 0.714. The Hall–Kier alpha value is -1.64. The van der Waals surface area contributed by atoms with Gasteiger partial charge in [-0.25, -0.2) is 0 Å². The molecule has 0 spiro atoms. The van der Waals surface area contributed by atoms with E-state index in [1.165, 1.54) is 177 Å². The van der Waals surface area contributed by atoms with Gasteiger partial charge >= 0.3 is 0 Å². The monoisotopic (exact) mass is 605 g/mol. The molecule has 0 unspecified atom stereocenters. The van der Waals surface area contributed by atoms with Crippen molar-refractivity contribution < 1.29 is 0 Å². The van der Waals surface area contributed by atoms with Crippen LogP contribution >= 0.6 is 0 Å². The van der Waals surface area contributed by atoms with Crippen LogP contribution in [0.5, 0.6) is 0 Å². The average Bonchev–Trinajstić information content (AvgIpc) is 3.04. The van der Waals surface area contributed by atoms with E-state index in [4.69, 9.17) is 0 Å². The van der Waals surface area contributed by atoms with Gasteiger partial charge in [0.2, 0.25) is 0 Å². The SMILES string of the molecule is CCCCCCCN(CCCCCCC)Cc1ccccc1-c1ccccc1CN(CCCCCCC)CCCCCCC. The highest BCUT2D eigenvalue weighted by atomic mass is 15.1. The fourth-order valence-electron chi connectivity index (χ4n) is 6.62. The molecule has 0 heterocycles. The van der Waals surface area contributed by atoms with Crippen LogP contribution in [0.15, 0.2) is 48.5 Å². The van der Waals surface area contributed by atoms with Gasteiger partial charge in [-0.2, -0.15) is 0 Å². The summed E-state index contributed by atoms with van der Waals surface area (Å²) >= 11 is 0. The summed E-state index contributed by atoms with van der Waals surface area (Å²) in [6.07, 6.45) is 27.2. The van der Waals surface area contributed by atoms with Gasteiger partial charge in [0.15, 0.2) is 0 Å². The van der Waals surface area contributed by atoms with Gasteiger partial charge in [-0.15, -0.1) is 0 Å². The number of hydrogen-bond acceptors (Lipinski definition) is 2. The van der Waals surface area contributed by atoms with Crippen LogP contribution in [0.2, 0.25) is 0 Å². The molecule has 2 nitrogen and oxygen atoms in total. The first-order chi connectivity index (χ1) is 21.7. The van der Waals surface area contributed by atoms with Crippen molar-refractivity contribution in [3.63, 3.8) is 0 Å². The third kappa shape index (κ3) is 17.2. The molecule has 0 aliphatic carbocycles. The predicted molar refractivity (Wildman–Crippen MR) is 197 cm³/mol. The molecule has 0 saturated heterocycles. The zero-order valence-corrected chi connectivity index (χ0v) is 29.9. The van der Waals surface area contributed by atoms with E-state index in [2.05, 4.69) is 86.0 Å². The van der Waals surface area contributed by atoms with Crippen molar-refractivity contribution in [2.45, 2.75) is 169 Å². The second kappa shape index (κ2) is 26.6. The Morgan fingerprint density at radius 2 is 0.614 bits per heavy atom.